The molecule has 2 aromatic carbocycles. The quantitative estimate of drug-likeness (QED) is 0.653. The third kappa shape index (κ3) is 4.15. The van der Waals surface area contributed by atoms with Crippen molar-refractivity contribution in [3.8, 4) is 0 Å². The lowest BCUT2D eigenvalue weighted by Gasteiger charge is -2.12. The van der Waals surface area contributed by atoms with E-state index in [0.717, 1.165) is 11.3 Å². The fourth-order valence-corrected chi connectivity index (χ4v) is 3.96. The zero-order valence-corrected chi connectivity index (χ0v) is 15.9. The van der Waals surface area contributed by atoms with Crippen LogP contribution in [0.4, 0.5) is 17.2 Å². The highest BCUT2D eigenvalue weighted by atomic mass is 35.5. The number of pyridine rings is 1. The van der Waals surface area contributed by atoms with Crippen LogP contribution in [0, 0.1) is 13.8 Å². The summed E-state index contributed by atoms with van der Waals surface area (Å²) in [5.74, 6) is 0.246. The lowest BCUT2D eigenvalue weighted by Crippen LogP contribution is -2.15. The minimum atomic E-state index is -3.70. The number of nitrogens with one attached hydrogen (secondary N) is 2. The van der Waals surface area contributed by atoms with Crippen LogP contribution in [0.1, 0.15) is 11.1 Å². The SMILES string of the molecule is Cc1ccc(C)c(S(=O)(=O)Nc2ccc(Nc3ccccc3Cl)cn2)c1. The van der Waals surface area contributed by atoms with Crippen molar-refractivity contribution in [3.05, 3.63) is 76.9 Å². The summed E-state index contributed by atoms with van der Waals surface area (Å²) in [6, 6.07) is 16.0. The third-order valence-electron chi connectivity index (χ3n) is 3.79. The van der Waals surface area contributed by atoms with Gasteiger partial charge in [0.05, 0.1) is 27.5 Å². The first kappa shape index (κ1) is 18.2. The number of hydrogen-bond donors (Lipinski definition) is 2. The number of anilines is 3. The molecule has 1 heterocycles. The first-order valence-electron chi connectivity index (χ1n) is 7.93. The van der Waals surface area contributed by atoms with Gasteiger partial charge in [0.15, 0.2) is 0 Å². The number of hydrogen-bond acceptors (Lipinski definition) is 4. The Morgan fingerprint density at radius 2 is 1.77 bits per heavy atom. The van der Waals surface area contributed by atoms with E-state index in [-0.39, 0.29) is 10.7 Å². The highest BCUT2D eigenvalue weighted by Gasteiger charge is 2.17. The van der Waals surface area contributed by atoms with Crippen LogP contribution in [0.15, 0.2) is 65.7 Å². The van der Waals surface area contributed by atoms with Crippen molar-refractivity contribution in [2.24, 2.45) is 0 Å². The lowest BCUT2D eigenvalue weighted by molar-refractivity contribution is 0.600. The number of aromatic nitrogens is 1. The standard InChI is InChI=1S/C19H18ClN3O2S/c1-13-7-8-14(2)18(11-13)26(24,25)23-19-10-9-15(12-21-19)22-17-6-4-3-5-16(17)20/h3-12,22H,1-2H3,(H,21,23). The lowest BCUT2D eigenvalue weighted by atomic mass is 10.2. The van der Waals surface area contributed by atoms with Crippen LogP contribution >= 0.6 is 11.6 Å². The van der Waals surface area contributed by atoms with E-state index in [1.165, 1.54) is 0 Å². The highest BCUT2D eigenvalue weighted by molar-refractivity contribution is 7.92. The molecular formula is C19H18ClN3O2S. The molecule has 0 atom stereocenters. The molecule has 3 aromatic rings. The number of benzene rings is 2. The van der Waals surface area contributed by atoms with Gasteiger partial charge in [0.2, 0.25) is 0 Å². The molecule has 0 radical (unpaired) electrons. The van der Waals surface area contributed by atoms with Gasteiger partial charge in [-0.2, -0.15) is 0 Å². The smallest absolute Gasteiger partial charge is 0.263 e. The first-order chi connectivity index (χ1) is 12.3. The molecule has 5 nitrogen and oxygen atoms in total. The molecule has 0 saturated heterocycles. The zero-order chi connectivity index (χ0) is 18.7. The number of sulfonamides is 1. The van der Waals surface area contributed by atoms with Gasteiger partial charge in [-0.3, -0.25) is 4.72 Å². The van der Waals surface area contributed by atoms with Crippen molar-refractivity contribution in [1.29, 1.82) is 0 Å². The van der Waals surface area contributed by atoms with Gasteiger partial charge in [0.25, 0.3) is 10.0 Å². The minimum absolute atomic E-state index is 0.246. The van der Waals surface area contributed by atoms with E-state index in [2.05, 4.69) is 15.0 Å². The summed E-state index contributed by atoms with van der Waals surface area (Å²) >= 11 is 6.11. The molecule has 3 rings (SSSR count). The van der Waals surface area contributed by atoms with E-state index in [1.807, 2.05) is 31.2 Å². The van der Waals surface area contributed by atoms with E-state index in [1.54, 1.807) is 43.5 Å². The molecule has 0 spiro atoms. The Balaban J connectivity index is 1.79. The van der Waals surface area contributed by atoms with Crippen LogP contribution in [0.25, 0.3) is 0 Å². The van der Waals surface area contributed by atoms with Crippen molar-refractivity contribution in [2.45, 2.75) is 18.7 Å². The largest absolute Gasteiger partial charge is 0.353 e. The van der Waals surface area contributed by atoms with Crippen molar-refractivity contribution in [1.82, 2.24) is 4.98 Å². The van der Waals surface area contributed by atoms with Crippen LogP contribution in [0.2, 0.25) is 5.02 Å². The average Bonchev–Trinajstić information content (AvgIpc) is 2.60. The number of nitrogens with zero attached hydrogens (tertiary/aromatic N) is 1. The molecule has 0 aliphatic rings. The Labute approximate surface area is 158 Å². The van der Waals surface area contributed by atoms with E-state index >= 15 is 0 Å². The van der Waals surface area contributed by atoms with Gasteiger partial charge in [0.1, 0.15) is 5.82 Å². The summed E-state index contributed by atoms with van der Waals surface area (Å²) < 4.78 is 27.7. The Hall–Kier alpha value is -2.57. The third-order valence-corrected chi connectivity index (χ3v) is 5.61. The van der Waals surface area contributed by atoms with Gasteiger partial charge in [-0.15, -0.1) is 0 Å². The van der Waals surface area contributed by atoms with Crippen molar-refractivity contribution in [3.63, 3.8) is 0 Å². The Morgan fingerprint density at radius 1 is 1.00 bits per heavy atom. The maximum absolute atomic E-state index is 12.6. The number of rotatable bonds is 5. The summed E-state index contributed by atoms with van der Waals surface area (Å²) in [7, 11) is -3.70. The van der Waals surface area contributed by atoms with Crippen molar-refractivity contribution < 1.29 is 8.42 Å². The molecule has 0 aliphatic carbocycles. The molecule has 0 bridgehead atoms. The normalized spacial score (nSPS) is 11.2. The fourth-order valence-electron chi connectivity index (χ4n) is 2.44. The highest BCUT2D eigenvalue weighted by Crippen LogP contribution is 2.25. The van der Waals surface area contributed by atoms with Gasteiger partial charge in [-0.1, -0.05) is 35.9 Å². The molecule has 0 aliphatic heterocycles. The average molecular weight is 388 g/mol. The van der Waals surface area contributed by atoms with E-state index in [9.17, 15) is 8.42 Å². The van der Waals surface area contributed by atoms with Crippen molar-refractivity contribution in [2.75, 3.05) is 10.0 Å². The molecular weight excluding hydrogens is 370 g/mol. The minimum Gasteiger partial charge on any atom is -0.353 e. The second kappa shape index (κ2) is 7.35. The second-order valence-corrected chi connectivity index (χ2v) is 7.97. The van der Waals surface area contributed by atoms with Gasteiger partial charge < -0.3 is 5.32 Å². The molecule has 0 fully saturated rings. The zero-order valence-electron chi connectivity index (χ0n) is 14.3. The topological polar surface area (TPSA) is 71.1 Å². The van der Waals surface area contributed by atoms with Crippen LogP contribution in [-0.2, 0) is 10.0 Å². The maximum atomic E-state index is 12.6. The summed E-state index contributed by atoms with van der Waals surface area (Å²) in [5, 5.41) is 3.73. The molecule has 0 saturated carbocycles. The summed E-state index contributed by atoms with van der Waals surface area (Å²) in [6.07, 6.45) is 1.55. The number of para-hydroxylation sites is 1. The number of aryl methyl sites for hydroxylation is 2. The van der Waals surface area contributed by atoms with Gasteiger partial charge in [-0.25, -0.2) is 13.4 Å². The van der Waals surface area contributed by atoms with Gasteiger partial charge in [-0.05, 0) is 55.3 Å². The Bertz CT molecular complexity index is 1030. The van der Waals surface area contributed by atoms with E-state index < -0.39 is 10.0 Å². The van der Waals surface area contributed by atoms with Crippen molar-refractivity contribution >= 4 is 38.8 Å². The molecule has 1 aromatic heterocycles. The number of halogens is 1. The molecule has 0 amide bonds. The van der Waals surface area contributed by atoms with Crippen LogP contribution in [0.5, 0.6) is 0 Å². The molecule has 26 heavy (non-hydrogen) atoms. The molecule has 0 unspecified atom stereocenters. The predicted octanol–water partition coefficient (Wildman–Crippen LogP) is 4.90. The van der Waals surface area contributed by atoms with E-state index in [0.29, 0.717) is 16.3 Å². The monoisotopic (exact) mass is 387 g/mol. The summed E-state index contributed by atoms with van der Waals surface area (Å²) in [5.41, 5.74) is 3.01. The van der Waals surface area contributed by atoms with Gasteiger partial charge in [0, 0.05) is 0 Å². The molecule has 2 N–H and O–H groups in total. The van der Waals surface area contributed by atoms with E-state index in [4.69, 9.17) is 11.6 Å². The Morgan fingerprint density at radius 3 is 2.46 bits per heavy atom. The maximum Gasteiger partial charge on any atom is 0.263 e. The van der Waals surface area contributed by atoms with Crippen LogP contribution < -0.4 is 10.0 Å². The second-order valence-electron chi connectivity index (χ2n) is 5.91. The van der Waals surface area contributed by atoms with Crippen LogP contribution in [-0.4, -0.2) is 13.4 Å². The molecule has 7 heteroatoms. The van der Waals surface area contributed by atoms with Crippen LogP contribution in [0.3, 0.4) is 0 Å². The summed E-state index contributed by atoms with van der Waals surface area (Å²) in [6.45, 7) is 3.62. The van der Waals surface area contributed by atoms with Gasteiger partial charge >= 0.3 is 0 Å². The predicted molar refractivity (Wildman–Crippen MR) is 106 cm³/mol. The fraction of sp³-hybridized carbons (Fsp3) is 0.105. The first-order valence-corrected chi connectivity index (χ1v) is 9.79. The summed E-state index contributed by atoms with van der Waals surface area (Å²) in [4.78, 5) is 4.42. The molecule has 134 valence electrons. The Kier molecular flexibility index (Phi) is 5.15.